The lowest BCUT2D eigenvalue weighted by molar-refractivity contribution is 0.101. The summed E-state index contributed by atoms with van der Waals surface area (Å²) in [5.41, 5.74) is 4.54. The van der Waals surface area contributed by atoms with Crippen LogP contribution < -0.4 is 5.32 Å². The molecule has 0 aliphatic rings. The second kappa shape index (κ2) is 8.17. The van der Waals surface area contributed by atoms with Crippen LogP contribution in [0, 0.1) is 25.2 Å². The minimum absolute atomic E-state index is 0.0130. The van der Waals surface area contributed by atoms with Gasteiger partial charge >= 0.3 is 0 Å². The minimum atomic E-state index is -0.461. The van der Waals surface area contributed by atoms with E-state index in [4.69, 9.17) is 16.9 Å². The minimum Gasteiger partial charge on any atom is -0.392 e. The van der Waals surface area contributed by atoms with Gasteiger partial charge in [-0.05, 0) is 54.8 Å². The van der Waals surface area contributed by atoms with Gasteiger partial charge in [0.25, 0.3) is 5.91 Å². The predicted octanol–water partition coefficient (Wildman–Crippen LogP) is 4.03. The first kappa shape index (κ1) is 19.5. The number of hydrogen-bond acceptors (Lipinski definition) is 5. The number of carbonyl (C=O) groups excluding carboxylic acids is 1. The van der Waals surface area contributed by atoms with Crippen molar-refractivity contribution < 1.29 is 9.90 Å². The number of amides is 1. The second-order valence-corrected chi connectivity index (χ2v) is 6.70. The molecular weight excluding hydrogens is 376 g/mol. The summed E-state index contributed by atoms with van der Waals surface area (Å²) >= 11 is 6.23. The average Bonchev–Trinajstić information content (AvgIpc) is 2.70. The molecular formula is C21H17ClN4O2. The summed E-state index contributed by atoms with van der Waals surface area (Å²) in [6, 6.07) is 12.2. The third kappa shape index (κ3) is 4.01. The number of anilines is 1. The topological polar surface area (TPSA) is 98.9 Å². The van der Waals surface area contributed by atoms with Crippen molar-refractivity contribution in [3.8, 4) is 17.3 Å². The average molecular weight is 393 g/mol. The van der Waals surface area contributed by atoms with Gasteiger partial charge in [-0.3, -0.25) is 4.79 Å². The predicted molar refractivity (Wildman–Crippen MR) is 107 cm³/mol. The van der Waals surface area contributed by atoms with Crippen molar-refractivity contribution in [3.63, 3.8) is 0 Å². The van der Waals surface area contributed by atoms with E-state index in [1.165, 1.54) is 6.20 Å². The standard InChI is InChI=1S/C21H17ClN4O2/c1-12-7-15(11-27)8-13(2)19(12)26-21(28)20-24-6-5-18(25-20)16-9-14(10-23)3-4-17(16)22/h3-9,27H,11H2,1-2H3,(H,26,28). The quantitative estimate of drug-likeness (QED) is 0.698. The molecule has 140 valence electrons. The number of aryl methyl sites for hydroxylation is 2. The van der Waals surface area contributed by atoms with Gasteiger partial charge in [-0.25, -0.2) is 9.97 Å². The molecule has 0 spiro atoms. The number of nitriles is 1. The van der Waals surface area contributed by atoms with Crippen LogP contribution in [0.15, 0.2) is 42.6 Å². The first-order chi connectivity index (χ1) is 13.4. The Labute approximate surface area is 167 Å². The lowest BCUT2D eigenvalue weighted by atomic mass is 10.0. The van der Waals surface area contributed by atoms with Crippen molar-refractivity contribution in [2.45, 2.75) is 20.5 Å². The van der Waals surface area contributed by atoms with Crippen LogP contribution in [0.1, 0.15) is 32.9 Å². The summed E-state index contributed by atoms with van der Waals surface area (Å²) < 4.78 is 0. The van der Waals surface area contributed by atoms with E-state index in [9.17, 15) is 9.90 Å². The Kier molecular flexibility index (Phi) is 5.69. The van der Waals surface area contributed by atoms with E-state index in [0.717, 1.165) is 16.7 Å². The molecule has 2 N–H and O–H groups in total. The number of benzene rings is 2. The van der Waals surface area contributed by atoms with E-state index >= 15 is 0 Å². The zero-order valence-corrected chi connectivity index (χ0v) is 16.1. The Balaban J connectivity index is 1.93. The Bertz CT molecular complexity index is 1080. The third-order valence-electron chi connectivity index (χ3n) is 4.24. The molecule has 0 aliphatic heterocycles. The highest BCUT2D eigenvalue weighted by atomic mass is 35.5. The van der Waals surface area contributed by atoms with Gasteiger partial charge in [0.15, 0.2) is 0 Å². The largest absolute Gasteiger partial charge is 0.392 e. The highest BCUT2D eigenvalue weighted by Crippen LogP contribution is 2.28. The Morgan fingerprint density at radius 2 is 1.93 bits per heavy atom. The lowest BCUT2D eigenvalue weighted by Gasteiger charge is -2.13. The third-order valence-corrected chi connectivity index (χ3v) is 4.57. The molecule has 3 aromatic rings. The number of nitrogens with one attached hydrogen (secondary N) is 1. The highest BCUT2D eigenvalue weighted by Gasteiger charge is 2.15. The zero-order chi connectivity index (χ0) is 20.3. The van der Waals surface area contributed by atoms with Crippen molar-refractivity contribution in [1.29, 1.82) is 5.26 Å². The molecule has 28 heavy (non-hydrogen) atoms. The van der Waals surface area contributed by atoms with Crippen molar-refractivity contribution >= 4 is 23.2 Å². The Morgan fingerprint density at radius 1 is 1.21 bits per heavy atom. The maximum absolute atomic E-state index is 12.7. The first-order valence-electron chi connectivity index (χ1n) is 8.48. The molecule has 0 fully saturated rings. The van der Waals surface area contributed by atoms with Gasteiger partial charge in [-0.15, -0.1) is 0 Å². The molecule has 0 saturated heterocycles. The second-order valence-electron chi connectivity index (χ2n) is 6.29. The zero-order valence-electron chi connectivity index (χ0n) is 15.3. The van der Waals surface area contributed by atoms with Crippen LogP contribution in [0.25, 0.3) is 11.3 Å². The number of aliphatic hydroxyl groups is 1. The van der Waals surface area contributed by atoms with Gasteiger partial charge in [0.2, 0.25) is 5.82 Å². The fourth-order valence-electron chi connectivity index (χ4n) is 2.92. The van der Waals surface area contributed by atoms with Crippen molar-refractivity contribution in [2.75, 3.05) is 5.32 Å². The van der Waals surface area contributed by atoms with Crippen LogP contribution in [0.4, 0.5) is 5.69 Å². The number of aliphatic hydroxyl groups excluding tert-OH is 1. The molecule has 7 heteroatoms. The summed E-state index contributed by atoms with van der Waals surface area (Å²) in [6.07, 6.45) is 1.47. The van der Waals surface area contributed by atoms with Crippen LogP contribution in [0.2, 0.25) is 5.02 Å². The monoisotopic (exact) mass is 392 g/mol. The molecule has 1 heterocycles. The van der Waals surface area contributed by atoms with Gasteiger partial charge in [0, 0.05) is 17.4 Å². The number of carbonyl (C=O) groups is 1. The summed E-state index contributed by atoms with van der Waals surface area (Å²) in [6.45, 7) is 3.64. The van der Waals surface area contributed by atoms with Gasteiger partial charge in [-0.1, -0.05) is 23.7 Å². The fourth-order valence-corrected chi connectivity index (χ4v) is 3.13. The Morgan fingerprint density at radius 3 is 2.57 bits per heavy atom. The highest BCUT2D eigenvalue weighted by molar-refractivity contribution is 6.33. The molecule has 1 amide bonds. The first-order valence-corrected chi connectivity index (χ1v) is 8.86. The fraction of sp³-hybridized carbons (Fsp3) is 0.143. The van der Waals surface area contributed by atoms with Crippen LogP contribution in [-0.2, 0) is 6.61 Å². The van der Waals surface area contributed by atoms with E-state index in [2.05, 4.69) is 21.4 Å². The summed E-state index contributed by atoms with van der Waals surface area (Å²) in [4.78, 5) is 21.1. The van der Waals surface area contributed by atoms with Crippen molar-refractivity contribution in [1.82, 2.24) is 9.97 Å². The van der Waals surface area contributed by atoms with Gasteiger partial charge in [0.1, 0.15) is 0 Å². The molecule has 0 unspecified atom stereocenters. The van der Waals surface area contributed by atoms with Gasteiger partial charge in [0.05, 0.1) is 29.0 Å². The molecule has 6 nitrogen and oxygen atoms in total. The van der Waals surface area contributed by atoms with Crippen LogP contribution in [0.5, 0.6) is 0 Å². The number of nitrogens with zero attached hydrogens (tertiary/aromatic N) is 3. The number of rotatable bonds is 4. The molecule has 0 radical (unpaired) electrons. The summed E-state index contributed by atoms with van der Waals surface area (Å²) in [5, 5.41) is 21.6. The maximum Gasteiger partial charge on any atom is 0.293 e. The molecule has 0 saturated carbocycles. The van der Waals surface area contributed by atoms with Crippen LogP contribution in [-0.4, -0.2) is 21.0 Å². The van der Waals surface area contributed by atoms with Crippen LogP contribution >= 0.6 is 11.6 Å². The molecule has 3 rings (SSSR count). The Hall–Kier alpha value is -3.27. The molecule has 0 aliphatic carbocycles. The van der Waals surface area contributed by atoms with E-state index in [1.54, 1.807) is 24.3 Å². The normalized spacial score (nSPS) is 10.4. The van der Waals surface area contributed by atoms with Crippen molar-refractivity contribution in [3.05, 3.63) is 75.7 Å². The van der Waals surface area contributed by atoms with Gasteiger partial charge < -0.3 is 10.4 Å². The number of aromatic nitrogens is 2. The SMILES string of the molecule is Cc1cc(CO)cc(C)c1NC(=O)c1nccc(-c2cc(C#N)ccc2Cl)n1. The van der Waals surface area contributed by atoms with Crippen molar-refractivity contribution in [2.24, 2.45) is 0 Å². The smallest absolute Gasteiger partial charge is 0.293 e. The number of hydrogen-bond donors (Lipinski definition) is 2. The molecule has 0 bridgehead atoms. The maximum atomic E-state index is 12.7. The van der Waals surface area contributed by atoms with E-state index in [-0.39, 0.29) is 12.4 Å². The van der Waals surface area contributed by atoms with Crippen LogP contribution in [0.3, 0.4) is 0 Å². The summed E-state index contributed by atoms with van der Waals surface area (Å²) in [5.74, 6) is -0.474. The van der Waals surface area contributed by atoms with E-state index in [0.29, 0.717) is 27.5 Å². The number of halogens is 1. The lowest BCUT2D eigenvalue weighted by Crippen LogP contribution is -2.17. The molecule has 1 aromatic heterocycles. The van der Waals surface area contributed by atoms with E-state index in [1.807, 2.05) is 26.0 Å². The summed E-state index contributed by atoms with van der Waals surface area (Å²) in [7, 11) is 0. The molecule has 2 aromatic carbocycles. The van der Waals surface area contributed by atoms with E-state index < -0.39 is 5.91 Å². The van der Waals surface area contributed by atoms with Gasteiger partial charge in [-0.2, -0.15) is 5.26 Å². The molecule has 0 atom stereocenters.